The van der Waals surface area contributed by atoms with Gasteiger partial charge in [0.25, 0.3) is 5.91 Å². The number of pyridine rings is 1. The fourth-order valence-electron chi connectivity index (χ4n) is 3.00. The van der Waals surface area contributed by atoms with E-state index in [1.807, 2.05) is 60.8 Å². The molecule has 1 amide bonds. The first-order valence-corrected chi connectivity index (χ1v) is 9.20. The summed E-state index contributed by atoms with van der Waals surface area (Å²) in [5, 5.41) is 12.4. The van der Waals surface area contributed by atoms with E-state index in [1.54, 1.807) is 18.2 Å². The number of nitrogens with one attached hydrogen (secondary N) is 2. The molecule has 2 N–H and O–H groups in total. The fourth-order valence-corrected chi connectivity index (χ4v) is 3.00. The number of rotatable bonds is 6. The smallest absolute Gasteiger partial charge is 0.251 e. The van der Waals surface area contributed by atoms with Crippen LogP contribution in [0.3, 0.4) is 0 Å². The number of ether oxygens (including phenoxy) is 1. The second-order valence-electron chi connectivity index (χ2n) is 6.43. The highest BCUT2D eigenvalue weighted by atomic mass is 16.5. The van der Waals surface area contributed by atoms with Crippen molar-refractivity contribution in [3.8, 4) is 29.0 Å². The lowest BCUT2D eigenvalue weighted by Crippen LogP contribution is -2.24. The van der Waals surface area contributed by atoms with E-state index in [2.05, 4.69) is 15.3 Å². The summed E-state index contributed by atoms with van der Waals surface area (Å²) in [4.78, 5) is 20.0. The molecular weight excluding hydrogens is 364 g/mol. The van der Waals surface area contributed by atoms with Crippen molar-refractivity contribution in [2.45, 2.75) is 6.42 Å². The van der Waals surface area contributed by atoms with Crippen LogP contribution in [0, 0.1) is 11.3 Å². The van der Waals surface area contributed by atoms with Crippen LogP contribution >= 0.6 is 0 Å². The molecule has 0 aliphatic heterocycles. The number of hydrogen-bond acceptors (Lipinski definition) is 4. The lowest BCUT2D eigenvalue weighted by Gasteiger charge is -2.08. The third-order valence-corrected chi connectivity index (χ3v) is 4.41. The Bertz CT molecular complexity index is 1210. The summed E-state index contributed by atoms with van der Waals surface area (Å²) in [5.74, 6) is 0.961. The summed E-state index contributed by atoms with van der Waals surface area (Å²) in [6.07, 6.45) is 2.16. The third kappa shape index (κ3) is 4.25. The molecule has 0 saturated heterocycles. The van der Waals surface area contributed by atoms with Crippen LogP contribution in [0.5, 0.6) is 11.6 Å². The molecule has 142 valence electrons. The van der Waals surface area contributed by atoms with E-state index in [-0.39, 0.29) is 12.3 Å². The zero-order valence-corrected chi connectivity index (χ0v) is 15.6. The van der Waals surface area contributed by atoms with Crippen LogP contribution in [0.2, 0.25) is 0 Å². The van der Waals surface area contributed by atoms with E-state index in [9.17, 15) is 4.79 Å². The molecule has 0 unspecified atom stereocenters. The van der Waals surface area contributed by atoms with Crippen molar-refractivity contribution in [1.29, 1.82) is 5.26 Å². The number of fused-ring (bicyclic) bond motifs is 1. The second-order valence-corrected chi connectivity index (χ2v) is 6.43. The monoisotopic (exact) mass is 382 g/mol. The zero-order valence-electron chi connectivity index (χ0n) is 15.6. The molecular formula is C23H18N4O2. The van der Waals surface area contributed by atoms with Crippen molar-refractivity contribution < 1.29 is 9.53 Å². The van der Waals surface area contributed by atoms with E-state index in [0.29, 0.717) is 29.4 Å². The molecule has 0 aliphatic carbocycles. The molecule has 6 nitrogen and oxygen atoms in total. The quantitative estimate of drug-likeness (QED) is 0.474. The molecule has 4 aromatic rings. The van der Waals surface area contributed by atoms with Gasteiger partial charge >= 0.3 is 0 Å². The summed E-state index contributed by atoms with van der Waals surface area (Å²) < 4.78 is 5.93. The number of hydrogen-bond donors (Lipinski definition) is 2. The maximum absolute atomic E-state index is 12.2. The highest BCUT2D eigenvalue weighted by molar-refractivity contribution is 5.95. The van der Waals surface area contributed by atoms with Crippen molar-refractivity contribution in [2.24, 2.45) is 0 Å². The predicted octanol–water partition coefficient (Wildman–Crippen LogP) is 4.67. The molecule has 2 heterocycles. The molecule has 0 aliphatic rings. The van der Waals surface area contributed by atoms with Crippen molar-refractivity contribution in [1.82, 2.24) is 15.3 Å². The Morgan fingerprint density at radius 2 is 2.00 bits per heavy atom. The van der Waals surface area contributed by atoms with Gasteiger partial charge in [-0.3, -0.25) is 4.79 Å². The van der Waals surface area contributed by atoms with E-state index >= 15 is 0 Å². The number of H-pyrrole nitrogens is 1. The average molecular weight is 382 g/mol. The van der Waals surface area contributed by atoms with Crippen molar-refractivity contribution in [2.75, 3.05) is 6.54 Å². The molecule has 0 saturated carbocycles. The molecule has 0 bridgehead atoms. The van der Waals surface area contributed by atoms with Crippen LogP contribution in [-0.2, 0) is 0 Å². The zero-order chi connectivity index (χ0) is 20.1. The summed E-state index contributed by atoms with van der Waals surface area (Å²) >= 11 is 0. The van der Waals surface area contributed by atoms with E-state index in [4.69, 9.17) is 10.00 Å². The second kappa shape index (κ2) is 8.28. The predicted molar refractivity (Wildman–Crippen MR) is 111 cm³/mol. The standard InChI is InChI=1S/C23H18N4O2/c24-11-3-12-26-23(28)18-5-1-4-16(14-18)21-6-2-7-22(27-21)29-19-8-9-20-17(15-19)10-13-25-20/h1-2,4-10,13-15,25H,3,12H2,(H,26,28). The Hall–Kier alpha value is -4.11. The lowest BCUT2D eigenvalue weighted by molar-refractivity contribution is 0.0954. The van der Waals surface area contributed by atoms with Gasteiger partial charge in [-0.1, -0.05) is 18.2 Å². The molecule has 6 heteroatoms. The van der Waals surface area contributed by atoms with Gasteiger partial charge in [-0.15, -0.1) is 0 Å². The number of carbonyl (C=O) groups excluding carboxylic acids is 1. The van der Waals surface area contributed by atoms with Crippen LogP contribution in [0.1, 0.15) is 16.8 Å². The molecule has 2 aromatic carbocycles. The van der Waals surface area contributed by atoms with Crippen molar-refractivity contribution in [3.63, 3.8) is 0 Å². The van der Waals surface area contributed by atoms with Gasteiger partial charge in [0.15, 0.2) is 0 Å². The van der Waals surface area contributed by atoms with Crippen molar-refractivity contribution >= 4 is 16.8 Å². The molecule has 4 rings (SSSR count). The Balaban J connectivity index is 1.54. The van der Waals surface area contributed by atoms with Gasteiger partial charge in [0, 0.05) is 40.8 Å². The Morgan fingerprint density at radius 3 is 2.90 bits per heavy atom. The number of aromatic amines is 1. The Morgan fingerprint density at radius 1 is 1.10 bits per heavy atom. The highest BCUT2D eigenvalue weighted by Crippen LogP contribution is 2.26. The summed E-state index contributed by atoms with van der Waals surface area (Å²) in [6, 6.07) is 22.5. The summed E-state index contributed by atoms with van der Waals surface area (Å²) in [7, 11) is 0. The van der Waals surface area contributed by atoms with Crippen LogP contribution in [-0.4, -0.2) is 22.4 Å². The van der Waals surface area contributed by atoms with E-state index < -0.39 is 0 Å². The first-order valence-electron chi connectivity index (χ1n) is 9.20. The SMILES string of the molecule is N#CCCNC(=O)c1cccc(-c2cccc(Oc3ccc4[nH]ccc4c3)n2)c1. The average Bonchev–Trinajstić information content (AvgIpc) is 3.22. The normalized spacial score (nSPS) is 10.4. The van der Waals surface area contributed by atoms with Crippen LogP contribution in [0.15, 0.2) is 72.9 Å². The minimum Gasteiger partial charge on any atom is -0.439 e. The number of nitrogens with zero attached hydrogens (tertiary/aromatic N) is 2. The molecule has 0 fully saturated rings. The number of amides is 1. The van der Waals surface area contributed by atoms with Crippen molar-refractivity contribution in [3.05, 3.63) is 78.5 Å². The van der Waals surface area contributed by atoms with Gasteiger partial charge < -0.3 is 15.0 Å². The molecule has 0 radical (unpaired) electrons. The topological polar surface area (TPSA) is 90.8 Å². The number of aromatic nitrogens is 2. The first-order chi connectivity index (χ1) is 14.2. The van der Waals surface area contributed by atoms with Gasteiger partial charge in [-0.25, -0.2) is 4.98 Å². The fraction of sp³-hybridized carbons (Fsp3) is 0.0870. The van der Waals surface area contributed by atoms with Gasteiger partial charge in [0.1, 0.15) is 5.75 Å². The highest BCUT2D eigenvalue weighted by Gasteiger charge is 2.09. The maximum atomic E-state index is 12.2. The number of carbonyl (C=O) groups is 1. The molecule has 29 heavy (non-hydrogen) atoms. The number of nitriles is 1. The van der Waals surface area contributed by atoms with E-state index in [0.717, 1.165) is 16.5 Å². The summed E-state index contributed by atoms with van der Waals surface area (Å²) in [5.41, 5.74) is 3.08. The lowest BCUT2D eigenvalue weighted by atomic mass is 10.1. The molecule has 2 aromatic heterocycles. The Labute approximate surface area is 167 Å². The minimum absolute atomic E-state index is 0.214. The van der Waals surface area contributed by atoms with Crippen LogP contribution in [0.4, 0.5) is 0 Å². The van der Waals surface area contributed by atoms with Gasteiger partial charge in [0.05, 0.1) is 18.2 Å². The van der Waals surface area contributed by atoms with Gasteiger partial charge in [-0.2, -0.15) is 5.26 Å². The number of benzene rings is 2. The third-order valence-electron chi connectivity index (χ3n) is 4.41. The van der Waals surface area contributed by atoms with E-state index in [1.165, 1.54) is 0 Å². The minimum atomic E-state index is -0.214. The van der Waals surface area contributed by atoms with Gasteiger partial charge in [0.2, 0.25) is 5.88 Å². The molecule has 0 atom stereocenters. The first kappa shape index (κ1) is 18.3. The van der Waals surface area contributed by atoms with Gasteiger partial charge in [-0.05, 0) is 42.5 Å². The van der Waals surface area contributed by atoms with Crippen LogP contribution < -0.4 is 10.1 Å². The summed E-state index contributed by atoms with van der Waals surface area (Å²) in [6.45, 7) is 0.326. The largest absolute Gasteiger partial charge is 0.439 e. The maximum Gasteiger partial charge on any atom is 0.251 e. The molecule has 0 spiro atoms. The Kier molecular flexibility index (Phi) is 5.21. The van der Waals surface area contributed by atoms with Crippen LogP contribution in [0.25, 0.3) is 22.2 Å².